The fraction of sp³-hybridized carbons (Fsp3) is 0.875. The van der Waals surface area contributed by atoms with E-state index in [1.807, 2.05) is 0 Å². The number of alkyl halides is 3. The van der Waals surface area contributed by atoms with Crippen molar-refractivity contribution in [2.75, 3.05) is 6.61 Å². The Morgan fingerprint density at radius 2 is 1.92 bits per heavy atom. The maximum absolute atomic E-state index is 13.5. The van der Waals surface area contributed by atoms with Crippen LogP contribution in [0.15, 0.2) is 0 Å². The van der Waals surface area contributed by atoms with Gasteiger partial charge in [-0.2, -0.15) is 17.2 Å². The van der Waals surface area contributed by atoms with Crippen molar-refractivity contribution in [3.05, 3.63) is 0 Å². The van der Waals surface area contributed by atoms with Gasteiger partial charge in [-0.3, -0.25) is 14.1 Å². The molecule has 4 rings (SSSR count). The number of Topliss-reactive ketones (excluding diaryl/α,β-unsaturated/α-hetero) is 1. The maximum atomic E-state index is 13.5. The second-order valence-corrected chi connectivity index (χ2v) is 9.39. The molecule has 6 nitrogen and oxygen atoms in total. The molecule has 0 aromatic heterocycles. The van der Waals surface area contributed by atoms with E-state index in [0.717, 1.165) is 12.8 Å². The summed E-state index contributed by atoms with van der Waals surface area (Å²) in [6, 6.07) is 0. The summed E-state index contributed by atoms with van der Waals surface area (Å²) in [4.78, 5) is 24.7. The van der Waals surface area contributed by atoms with Gasteiger partial charge in [0.15, 0.2) is 6.17 Å². The average Bonchev–Trinajstić information content (AvgIpc) is 2.68. The molecule has 4 saturated carbocycles. The molecule has 0 aliphatic heterocycles. The number of rotatable bonds is 6. The van der Waals surface area contributed by atoms with E-state index in [-0.39, 0.29) is 23.5 Å². The lowest BCUT2D eigenvalue weighted by Crippen LogP contribution is -2.45. The van der Waals surface area contributed by atoms with Gasteiger partial charge in [0.1, 0.15) is 5.78 Å². The lowest BCUT2D eigenvalue weighted by Gasteiger charge is -2.45. The number of ketones is 1. The van der Waals surface area contributed by atoms with Gasteiger partial charge in [-0.15, -0.1) is 0 Å². The molecule has 4 aliphatic carbocycles. The number of hydrogen-bond donors (Lipinski definition) is 1. The molecule has 0 saturated heterocycles. The van der Waals surface area contributed by atoms with Crippen LogP contribution in [0, 0.1) is 23.2 Å². The Morgan fingerprint density at radius 3 is 2.58 bits per heavy atom. The van der Waals surface area contributed by atoms with Crippen LogP contribution in [-0.2, 0) is 24.4 Å². The number of ether oxygens (including phenoxy) is 1. The molecule has 148 valence electrons. The number of carbonyl (C=O) groups is 2. The molecule has 0 aromatic rings. The van der Waals surface area contributed by atoms with Crippen molar-refractivity contribution in [1.82, 2.24) is 0 Å². The van der Waals surface area contributed by atoms with E-state index in [1.54, 1.807) is 0 Å². The third kappa shape index (κ3) is 3.37. The number of hydrogen-bond acceptors (Lipinski definition) is 5. The van der Waals surface area contributed by atoms with Crippen molar-refractivity contribution < 1.29 is 40.5 Å². The molecule has 0 heterocycles. The molecular weight excluding hydrogens is 377 g/mol. The predicted molar refractivity (Wildman–Crippen MR) is 82.6 cm³/mol. The lowest BCUT2D eigenvalue weighted by molar-refractivity contribution is -0.165. The van der Waals surface area contributed by atoms with Crippen LogP contribution in [0.25, 0.3) is 0 Å². The summed E-state index contributed by atoms with van der Waals surface area (Å²) in [5, 5.41) is -4.95. The summed E-state index contributed by atoms with van der Waals surface area (Å²) < 4.78 is 74.2. The largest absolute Gasteiger partial charge is 0.465 e. The Kier molecular flexibility index (Phi) is 4.88. The van der Waals surface area contributed by atoms with Crippen LogP contribution in [0.4, 0.5) is 13.2 Å². The average molecular weight is 398 g/mol. The zero-order valence-electron chi connectivity index (χ0n) is 14.0. The van der Waals surface area contributed by atoms with E-state index in [4.69, 9.17) is 9.29 Å². The molecule has 4 aliphatic rings. The fourth-order valence-corrected chi connectivity index (χ4v) is 5.41. The van der Waals surface area contributed by atoms with Crippen LogP contribution in [0.3, 0.4) is 0 Å². The molecule has 0 amide bonds. The van der Waals surface area contributed by atoms with Gasteiger partial charge in [0.05, 0.1) is 12.0 Å². The minimum Gasteiger partial charge on any atom is -0.465 e. The van der Waals surface area contributed by atoms with E-state index >= 15 is 0 Å². The van der Waals surface area contributed by atoms with E-state index in [2.05, 4.69) is 0 Å². The molecule has 0 spiro atoms. The van der Waals surface area contributed by atoms with Crippen molar-refractivity contribution in [1.29, 1.82) is 0 Å². The SMILES string of the molecule is O=C1CC2CC3CC1CC(C(=O)OCCC(F)C(F)(F)S(=O)(=O)O)(C2)C3. The van der Waals surface area contributed by atoms with E-state index in [9.17, 15) is 31.2 Å². The Labute approximate surface area is 149 Å². The molecule has 26 heavy (non-hydrogen) atoms. The van der Waals surface area contributed by atoms with E-state index in [0.29, 0.717) is 25.7 Å². The van der Waals surface area contributed by atoms with Crippen LogP contribution in [-0.4, -0.2) is 42.8 Å². The molecule has 0 radical (unpaired) electrons. The highest BCUT2D eigenvalue weighted by molar-refractivity contribution is 7.86. The predicted octanol–water partition coefficient (Wildman–Crippen LogP) is 2.52. The summed E-state index contributed by atoms with van der Waals surface area (Å²) in [6.07, 6.45) is -0.685. The monoisotopic (exact) mass is 398 g/mol. The minimum atomic E-state index is -5.89. The number of carbonyl (C=O) groups excluding carboxylic acids is 2. The second-order valence-electron chi connectivity index (χ2n) is 7.89. The highest BCUT2D eigenvalue weighted by Gasteiger charge is 2.56. The van der Waals surface area contributed by atoms with Crippen LogP contribution >= 0.6 is 0 Å². The third-order valence-electron chi connectivity index (χ3n) is 5.97. The van der Waals surface area contributed by atoms with Crippen molar-refractivity contribution in [2.24, 2.45) is 23.2 Å². The lowest BCUT2D eigenvalue weighted by atomic mass is 9.58. The quantitative estimate of drug-likeness (QED) is 0.545. The summed E-state index contributed by atoms with van der Waals surface area (Å²) in [5.74, 6) is -0.299. The molecule has 1 N–H and O–H groups in total. The van der Waals surface area contributed by atoms with Crippen molar-refractivity contribution in [3.8, 4) is 0 Å². The zero-order chi connectivity index (χ0) is 19.3. The molecule has 0 aromatic carbocycles. The summed E-state index contributed by atoms with van der Waals surface area (Å²) in [5.41, 5.74) is -0.833. The maximum Gasteiger partial charge on any atom is 0.400 e. The summed E-state index contributed by atoms with van der Waals surface area (Å²) in [6.45, 7) is -0.721. The van der Waals surface area contributed by atoms with Gasteiger partial charge in [-0.05, 0) is 43.9 Å². The van der Waals surface area contributed by atoms with Gasteiger partial charge < -0.3 is 4.74 Å². The van der Waals surface area contributed by atoms with Gasteiger partial charge >= 0.3 is 21.3 Å². The first kappa shape index (κ1) is 19.6. The number of fused-ring (bicyclic) bond motifs is 1. The summed E-state index contributed by atoms with van der Waals surface area (Å²) in [7, 11) is -5.89. The third-order valence-corrected chi connectivity index (χ3v) is 6.92. The molecule has 5 unspecified atom stereocenters. The Morgan fingerprint density at radius 1 is 1.27 bits per heavy atom. The van der Waals surface area contributed by atoms with Crippen LogP contribution in [0.2, 0.25) is 0 Å². The first-order valence-electron chi connectivity index (χ1n) is 8.63. The summed E-state index contributed by atoms with van der Waals surface area (Å²) >= 11 is 0. The Bertz CT molecular complexity index is 709. The Balaban J connectivity index is 1.61. The minimum absolute atomic E-state index is 0.110. The van der Waals surface area contributed by atoms with Gasteiger partial charge in [0, 0.05) is 18.8 Å². The van der Waals surface area contributed by atoms with Crippen LogP contribution in [0.1, 0.15) is 44.9 Å². The molecular formula is C16H21F3O6S. The molecule has 4 fully saturated rings. The van der Waals surface area contributed by atoms with Crippen LogP contribution in [0.5, 0.6) is 0 Å². The fourth-order valence-electron chi connectivity index (χ4n) is 4.97. The van der Waals surface area contributed by atoms with Crippen molar-refractivity contribution in [3.63, 3.8) is 0 Å². The normalized spacial score (nSPS) is 35.2. The first-order valence-corrected chi connectivity index (χ1v) is 10.1. The highest BCUT2D eigenvalue weighted by Crippen LogP contribution is 2.57. The molecule has 5 atom stereocenters. The number of halogens is 3. The Hall–Kier alpha value is -1.16. The van der Waals surface area contributed by atoms with Crippen molar-refractivity contribution in [2.45, 2.75) is 56.4 Å². The standard InChI is InChI=1S/C16H21F3O6S/c17-13(16(18,19)26(22,23)24)1-2-25-14(21)15-6-9-3-10(7-15)5-12(20)11(4-9)8-15/h9-11,13H,1-8H2,(H,22,23,24). The zero-order valence-corrected chi connectivity index (χ0v) is 14.8. The van der Waals surface area contributed by atoms with Crippen molar-refractivity contribution >= 4 is 21.9 Å². The van der Waals surface area contributed by atoms with E-state index in [1.165, 1.54) is 0 Å². The number of esters is 1. The topological polar surface area (TPSA) is 97.7 Å². The van der Waals surface area contributed by atoms with Gasteiger partial charge in [0.25, 0.3) is 0 Å². The highest BCUT2D eigenvalue weighted by atomic mass is 32.2. The first-order chi connectivity index (χ1) is 11.9. The second kappa shape index (κ2) is 6.47. The van der Waals surface area contributed by atoms with Gasteiger partial charge in [-0.25, -0.2) is 4.39 Å². The van der Waals surface area contributed by atoms with Gasteiger partial charge in [0.2, 0.25) is 0 Å². The van der Waals surface area contributed by atoms with Gasteiger partial charge in [-0.1, -0.05) is 0 Å². The molecule has 4 bridgehead atoms. The smallest absolute Gasteiger partial charge is 0.400 e. The molecule has 10 heteroatoms. The van der Waals surface area contributed by atoms with Crippen LogP contribution < -0.4 is 0 Å². The van der Waals surface area contributed by atoms with E-state index < -0.39 is 46.0 Å².